The minimum Gasteiger partial charge on any atom is -0.293 e. The molecule has 0 saturated heterocycles. The van der Waals surface area contributed by atoms with Crippen molar-refractivity contribution in [1.29, 1.82) is 0 Å². The first-order valence-corrected chi connectivity index (χ1v) is 11.2. The third-order valence-corrected chi connectivity index (χ3v) is 6.25. The molecular weight excluding hydrogens is 404 g/mol. The van der Waals surface area contributed by atoms with Crippen molar-refractivity contribution in [2.75, 3.05) is 0 Å². The highest BCUT2D eigenvalue weighted by Gasteiger charge is 2.23. The fourth-order valence-electron chi connectivity index (χ4n) is 3.41. The minimum absolute atomic E-state index is 0.0786. The van der Waals surface area contributed by atoms with E-state index in [9.17, 15) is 4.79 Å². The third kappa shape index (κ3) is 4.44. The number of aromatic nitrogens is 4. The van der Waals surface area contributed by atoms with Crippen LogP contribution in [0.15, 0.2) is 78.2 Å². The maximum Gasteiger partial charge on any atom is 0.196 e. The van der Waals surface area contributed by atoms with Crippen molar-refractivity contribution in [3.8, 4) is 17.1 Å². The molecule has 0 fully saturated rings. The molecule has 4 rings (SSSR count). The molecule has 0 aliphatic heterocycles. The van der Waals surface area contributed by atoms with Crippen LogP contribution in [-0.2, 0) is 6.42 Å². The van der Waals surface area contributed by atoms with E-state index in [0.717, 1.165) is 23.2 Å². The van der Waals surface area contributed by atoms with Crippen LogP contribution in [0.2, 0.25) is 0 Å². The van der Waals surface area contributed by atoms with E-state index >= 15 is 0 Å². The fourth-order valence-corrected chi connectivity index (χ4v) is 4.35. The van der Waals surface area contributed by atoms with Crippen LogP contribution in [-0.4, -0.2) is 30.8 Å². The first kappa shape index (κ1) is 21.0. The number of carbonyl (C=O) groups is 1. The Kier molecular flexibility index (Phi) is 6.28. The van der Waals surface area contributed by atoms with Gasteiger partial charge in [-0.2, -0.15) is 0 Å². The average molecular weight is 429 g/mol. The molecule has 2 aromatic carbocycles. The van der Waals surface area contributed by atoms with Crippen LogP contribution in [0.3, 0.4) is 0 Å². The smallest absolute Gasteiger partial charge is 0.196 e. The van der Waals surface area contributed by atoms with E-state index in [1.807, 2.05) is 66.1 Å². The van der Waals surface area contributed by atoms with Gasteiger partial charge in [0.25, 0.3) is 0 Å². The van der Waals surface area contributed by atoms with Gasteiger partial charge in [0.1, 0.15) is 0 Å². The molecule has 6 heteroatoms. The number of carbonyl (C=O) groups excluding carboxylic acids is 1. The Morgan fingerprint density at radius 3 is 2.48 bits per heavy atom. The molecule has 0 spiro atoms. The lowest BCUT2D eigenvalue weighted by Crippen LogP contribution is -2.15. The highest BCUT2D eigenvalue weighted by molar-refractivity contribution is 8.00. The molecule has 2 aromatic heterocycles. The number of aryl methyl sites for hydroxylation is 2. The lowest BCUT2D eigenvalue weighted by Gasteiger charge is -2.15. The number of ketones is 1. The lowest BCUT2D eigenvalue weighted by molar-refractivity contribution is 0.0994. The Hall–Kier alpha value is -3.25. The van der Waals surface area contributed by atoms with Gasteiger partial charge in [-0.3, -0.25) is 14.3 Å². The predicted octanol–water partition coefficient (Wildman–Crippen LogP) is 5.56. The summed E-state index contributed by atoms with van der Waals surface area (Å²) < 4.78 is 2.01. The maximum absolute atomic E-state index is 13.1. The van der Waals surface area contributed by atoms with Crippen molar-refractivity contribution in [1.82, 2.24) is 19.7 Å². The molecule has 0 aliphatic rings. The Balaban J connectivity index is 1.70. The molecule has 0 N–H and O–H groups in total. The van der Waals surface area contributed by atoms with Crippen molar-refractivity contribution in [3.63, 3.8) is 0 Å². The summed E-state index contributed by atoms with van der Waals surface area (Å²) in [4.78, 5) is 17.3. The van der Waals surface area contributed by atoms with Gasteiger partial charge in [-0.15, -0.1) is 10.2 Å². The van der Waals surface area contributed by atoms with E-state index in [2.05, 4.69) is 35.1 Å². The molecule has 31 heavy (non-hydrogen) atoms. The van der Waals surface area contributed by atoms with Gasteiger partial charge in [-0.25, -0.2) is 0 Å². The first-order chi connectivity index (χ1) is 15.1. The number of nitrogens with zero attached hydrogens (tertiary/aromatic N) is 4. The summed E-state index contributed by atoms with van der Waals surface area (Å²) in [5.41, 5.74) is 4.90. The van der Waals surface area contributed by atoms with Crippen LogP contribution in [0, 0.1) is 6.92 Å². The Morgan fingerprint density at radius 1 is 1.03 bits per heavy atom. The number of hydrogen-bond donors (Lipinski definition) is 0. The topological polar surface area (TPSA) is 60.7 Å². The van der Waals surface area contributed by atoms with E-state index in [4.69, 9.17) is 0 Å². The summed E-state index contributed by atoms with van der Waals surface area (Å²) in [7, 11) is 0. The van der Waals surface area contributed by atoms with Gasteiger partial charge in [-0.05, 0) is 49.6 Å². The molecule has 0 radical (unpaired) electrons. The largest absolute Gasteiger partial charge is 0.293 e. The quantitative estimate of drug-likeness (QED) is 0.285. The SMILES string of the molecule is CCc1ccc(C(=O)C(C)Sc2nnc(-c3cccnc3)n2-c2ccccc2C)cc1. The van der Waals surface area contributed by atoms with Gasteiger partial charge >= 0.3 is 0 Å². The van der Waals surface area contributed by atoms with E-state index in [-0.39, 0.29) is 11.0 Å². The monoisotopic (exact) mass is 428 g/mol. The second-order valence-electron chi connectivity index (χ2n) is 7.34. The number of Topliss-reactive ketones (excluding diaryl/α,β-unsaturated/α-hetero) is 1. The molecule has 156 valence electrons. The molecule has 0 amide bonds. The summed E-state index contributed by atoms with van der Waals surface area (Å²) in [6.07, 6.45) is 4.46. The minimum atomic E-state index is -0.304. The maximum atomic E-state index is 13.1. The molecule has 4 aromatic rings. The molecule has 1 atom stereocenters. The van der Waals surface area contributed by atoms with Gasteiger partial charge < -0.3 is 0 Å². The lowest BCUT2D eigenvalue weighted by atomic mass is 10.1. The first-order valence-electron chi connectivity index (χ1n) is 10.3. The van der Waals surface area contributed by atoms with Gasteiger partial charge in [-0.1, -0.05) is 61.2 Å². The second-order valence-corrected chi connectivity index (χ2v) is 8.65. The standard InChI is InChI=1S/C25H24N4OS/c1-4-19-11-13-20(14-12-19)23(30)18(3)31-25-28-27-24(21-9-7-15-26-16-21)29(25)22-10-6-5-8-17(22)2/h5-16,18H,4H2,1-3H3. The molecule has 5 nitrogen and oxygen atoms in total. The number of pyridine rings is 1. The van der Waals surface area contributed by atoms with Gasteiger partial charge in [0, 0.05) is 23.5 Å². The highest BCUT2D eigenvalue weighted by Crippen LogP contribution is 2.32. The van der Waals surface area contributed by atoms with E-state index in [1.165, 1.54) is 17.3 Å². The van der Waals surface area contributed by atoms with Crippen LogP contribution < -0.4 is 0 Å². The number of benzene rings is 2. The second kappa shape index (κ2) is 9.27. The highest BCUT2D eigenvalue weighted by atomic mass is 32.2. The van der Waals surface area contributed by atoms with Crippen LogP contribution in [0.5, 0.6) is 0 Å². The summed E-state index contributed by atoms with van der Waals surface area (Å²) >= 11 is 1.42. The zero-order valence-corrected chi connectivity index (χ0v) is 18.6. The number of rotatable bonds is 7. The fraction of sp³-hybridized carbons (Fsp3) is 0.200. The van der Waals surface area contributed by atoms with E-state index in [0.29, 0.717) is 16.5 Å². The number of thioether (sulfide) groups is 1. The molecule has 2 heterocycles. The van der Waals surface area contributed by atoms with Gasteiger partial charge in [0.15, 0.2) is 16.8 Å². The van der Waals surface area contributed by atoms with Gasteiger partial charge in [0.05, 0.1) is 10.9 Å². The zero-order valence-electron chi connectivity index (χ0n) is 17.8. The Morgan fingerprint density at radius 2 is 1.81 bits per heavy atom. The van der Waals surface area contributed by atoms with Crippen LogP contribution in [0.25, 0.3) is 17.1 Å². The molecule has 0 aliphatic carbocycles. The third-order valence-electron chi connectivity index (χ3n) is 5.21. The summed E-state index contributed by atoms with van der Waals surface area (Å²) in [5.74, 6) is 0.784. The number of hydrogen-bond acceptors (Lipinski definition) is 5. The van der Waals surface area contributed by atoms with Crippen LogP contribution in [0.4, 0.5) is 0 Å². The van der Waals surface area contributed by atoms with E-state index < -0.39 is 0 Å². The Bertz CT molecular complexity index is 1190. The summed E-state index contributed by atoms with van der Waals surface area (Å²) in [6.45, 7) is 6.08. The van der Waals surface area contributed by atoms with Crippen molar-refractivity contribution in [3.05, 3.63) is 89.7 Å². The molecule has 0 saturated carbocycles. The number of para-hydroxylation sites is 1. The average Bonchev–Trinajstić information content (AvgIpc) is 3.22. The van der Waals surface area contributed by atoms with E-state index in [1.54, 1.807) is 12.4 Å². The van der Waals surface area contributed by atoms with Crippen molar-refractivity contribution in [2.45, 2.75) is 37.6 Å². The summed E-state index contributed by atoms with van der Waals surface area (Å²) in [6, 6.07) is 19.8. The molecular formula is C25H24N4OS. The zero-order chi connectivity index (χ0) is 21.8. The van der Waals surface area contributed by atoms with Crippen LogP contribution in [0.1, 0.15) is 35.3 Å². The van der Waals surface area contributed by atoms with Gasteiger partial charge in [0.2, 0.25) is 0 Å². The van der Waals surface area contributed by atoms with Crippen molar-refractivity contribution >= 4 is 17.5 Å². The summed E-state index contributed by atoms with van der Waals surface area (Å²) in [5, 5.41) is 9.28. The Labute approximate surface area is 186 Å². The van der Waals surface area contributed by atoms with Crippen LogP contribution >= 0.6 is 11.8 Å². The van der Waals surface area contributed by atoms with Crippen molar-refractivity contribution in [2.24, 2.45) is 0 Å². The molecule has 0 bridgehead atoms. The molecule has 1 unspecified atom stereocenters. The predicted molar refractivity (Wildman–Crippen MR) is 125 cm³/mol. The normalized spacial score (nSPS) is 12.0. The van der Waals surface area contributed by atoms with Crippen molar-refractivity contribution < 1.29 is 4.79 Å².